The molecule has 180 valence electrons. The topological polar surface area (TPSA) is 0 Å². The molecule has 31 heavy (non-hydrogen) atoms. The van der Waals surface area contributed by atoms with Crippen LogP contribution in [0.4, 0.5) is 0 Å². The second kappa shape index (κ2) is 10.3. The molecule has 0 spiro atoms. The second-order valence-corrected chi connectivity index (χ2v) is 12.8. The molecular formula is C31H56. The van der Waals surface area contributed by atoms with Crippen molar-refractivity contribution in [1.82, 2.24) is 0 Å². The average molecular weight is 429 g/mol. The van der Waals surface area contributed by atoms with Crippen LogP contribution in [-0.4, -0.2) is 0 Å². The highest BCUT2D eigenvalue weighted by Gasteiger charge is 2.58. The van der Waals surface area contributed by atoms with Crippen molar-refractivity contribution in [3.8, 4) is 0 Å². The lowest BCUT2D eigenvalue weighted by molar-refractivity contribution is -0.0528. The van der Waals surface area contributed by atoms with Gasteiger partial charge in [-0.3, -0.25) is 0 Å². The van der Waals surface area contributed by atoms with Crippen molar-refractivity contribution < 1.29 is 0 Å². The monoisotopic (exact) mass is 428 g/mol. The normalized spacial score (nSPS) is 42.6. The van der Waals surface area contributed by atoms with Crippen molar-refractivity contribution in [1.29, 1.82) is 0 Å². The van der Waals surface area contributed by atoms with Crippen molar-refractivity contribution >= 4 is 0 Å². The van der Waals surface area contributed by atoms with E-state index in [0.717, 1.165) is 41.4 Å². The Morgan fingerprint density at radius 1 is 0.935 bits per heavy atom. The molecule has 0 nitrogen and oxygen atoms in total. The third-order valence-corrected chi connectivity index (χ3v) is 11.0. The summed E-state index contributed by atoms with van der Waals surface area (Å²) in [6.07, 6.45) is 20.4. The Bertz CT molecular complexity index is 599. The van der Waals surface area contributed by atoms with Gasteiger partial charge >= 0.3 is 0 Å². The van der Waals surface area contributed by atoms with E-state index in [1.807, 2.05) is 19.4 Å². The molecule has 0 aromatic rings. The highest BCUT2D eigenvalue weighted by molar-refractivity contribution is 5.25. The lowest BCUT2D eigenvalue weighted by Crippen LogP contribution is -2.50. The van der Waals surface area contributed by atoms with Gasteiger partial charge < -0.3 is 0 Å². The average Bonchev–Trinajstić information content (AvgIpc) is 3.11. The SMILES string of the molecule is CC.CC[C@H]1CC[C@@]2(C)C(=CCC3C4CCC([C@@H](C)CCCC(C)C)[C@@]4(C)CCC32)C1. The molecule has 0 radical (unpaired) electrons. The molecule has 4 aliphatic carbocycles. The Balaban J connectivity index is 0.00000132. The van der Waals surface area contributed by atoms with Gasteiger partial charge in [0.1, 0.15) is 0 Å². The maximum absolute atomic E-state index is 2.77. The predicted molar refractivity (Wildman–Crippen MR) is 138 cm³/mol. The Morgan fingerprint density at radius 2 is 1.68 bits per heavy atom. The van der Waals surface area contributed by atoms with Crippen LogP contribution in [0.25, 0.3) is 0 Å². The number of rotatable bonds is 6. The number of fused-ring (bicyclic) bond motifs is 5. The van der Waals surface area contributed by atoms with E-state index in [1.54, 1.807) is 0 Å². The van der Waals surface area contributed by atoms with Crippen LogP contribution in [0.15, 0.2) is 11.6 Å². The van der Waals surface area contributed by atoms with E-state index >= 15 is 0 Å². The minimum Gasteiger partial charge on any atom is -0.0845 e. The zero-order chi connectivity index (χ0) is 22.8. The van der Waals surface area contributed by atoms with Crippen LogP contribution < -0.4 is 0 Å². The summed E-state index contributed by atoms with van der Waals surface area (Å²) in [4.78, 5) is 0. The molecule has 3 saturated carbocycles. The molecular weight excluding hydrogens is 372 g/mol. The van der Waals surface area contributed by atoms with Gasteiger partial charge in [0.25, 0.3) is 0 Å². The molecule has 4 unspecified atom stereocenters. The summed E-state index contributed by atoms with van der Waals surface area (Å²) in [5, 5.41) is 0. The number of hydrogen-bond donors (Lipinski definition) is 0. The molecule has 0 aromatic heterocycles. The number of hydrogen-bond acceptors (Lipinski definition) is 0. The third-order valence-electron chi connectivity index (χ3n) is 11.0. The predicted octanol–water partition coefficient (Wildman–Crippen LogP) is 10.1. The van der Waals surface area contributed by atoms with E-state index in [9.17, 15) is 0 Å². The first-order valence-corrected chi connectivity index (χ1v) is 14.5. The van der Waals surface area contributed by atoms with Crippen molar-refractivity contribution in [2.75, 3.05) is 0 Å². The second-order valence-electron chi connectivity index (χ2n) is 12.8. The van der Waals surface area contributed by atoms with Crippen LogP contribution in [0.1, 0.15) is 132 Å². The smallest absolute Gasteiger partial charge is 0.00851 e. The molecule has 0 saturated heterocycles. The highest BCUT2D eigenvalue weighted by atomic mass is 14.6. The van der Waals surface area contributed by atoms with E-state index in [1.165, 1.54) is 77.0 Å². The minimum atomic E-state index is 0.552. The summed E-state index contributed by atoms with van der Waals surface area (Å²) in [5.74, 6) is 6.78. The van der Waals surface area contributed by atoms with Gasteiger partial charge in [-0.1, -0.05) is 92.7 Å². The quantitative estimate of drug-likeness (QED) is 0.369. The minimum absolute atomic E-state index is 0.552. The number of allylic oxidation sites excluding steroid dienone is 2. The van der Waals surface area contributed by atoms with Crippen molar-refractivity contribution in [2.24, 2.45) is 52.3 Å². The molecule has 0 aliphatic heterocycles. The lowest BCUT2D eigenvalue weighted by atomic mass is 9.46. The first-order chi connectivity index (χ1) is 14.8. The summed E-state index contributed by atoms with van der Waals surface area (Å²) < 4.78 is 0. The van der Waals surface area contributed by atoms with Crippen molar-refractivity contribution in [2.45, 2.75) is 132 Å². The maximum atomic E-state index is 2.77. The van der Waals surface area contributed by atoms with Crippen molar-refractivity contribution in [3.63, 3.8) is 0 Å². The zero-order valence-corrected chi connectivity index (χ0v) is 22.6. The largest absolute Gasteiger partial charge is 0.0845 e. The summed E-state index contributed by atoms with van der Waals surface area (Å²) in [7, 11) is 0. The van der Waals surface area contributed by atoms with E-state index in [0.29, 0.717) is 10.8 Å². The molecule has 0 N–H and O–H groups in total. The molecule has 0 aromatic carbocycles. The molecule has 3 fully saturated rings. The summed E-state index contributed by atoms with van der Waals surface area (Å²) >= 11 is 0. The first-order valence-electron chi connectivity index (χ1n) is 14.5. The fourth-order valence-electron chi connectivity index (χ4n) is 9.11. The van der Waals surface area contributed by atoms with Gasteiger partial charge in [-0.25, -0.2) is 0 Å². The molecule has 4 aliphatic rings. The van der Waals surface area contributed by atoms with Crippen LogP contribution in [0.2, 0.25) is 0 Å². The van der Waals surface area contributed by atoms with Gasteiger partial charge in [0, 0.05) is 0 Å². The van der Waals surface area contributed by atoms with Crippen LogP contribution in [0.5, 0.6) is 0 Å². The van der Waals surface area contributed by atoms with Gasteiger partial charge in [0.05, 0.1) is 0 Å². The molecule has 0 bridgehead atoms. The first kappa shape index (κ1) is 25.4. The molecule has 4 rings (SSSR count). The maximum Gasteiger partial charge on any atom is -0.00851 e. The third kappa shape index (κ3) is 4.71. The van der Waals surface area contributed by atoms with Gasteiger partial charge in [0.2, 0.25) is 0 Å². The van der Waals surface area contributed by atoms with E-state index in [4.69, 9.17) is 0 Å². The van der Waals surface area contributed by atoms with Crippen LogP contribution in [0.3, 0.4) is 0 Å². The standard InChI is InChI=1S/C29H50.C2H6/c1-7-22-15-17-28(5)23(19-22)11-12-24-26-14-13-25(21(4)10-8-9-20(2)3)29(26,6)18-16-27(24)28;1-2/h11,20-22,24-27H,7-10,12-19H2,1-6H3;1-2H3/t21-,22-,24?,25?,26?,27?,28-,29+;/m0./s1. The van der Waals surface area contributed by atoms with Gasteiger partial charge in [-0.15, -0.1) is 0 Å². The summed E-state index contributed by atoms with van der Waals surface area (Å²) in [6, 6.07) is 0. The summed E-state index contributed by atoms with van der Waals surface area (Å²) in [6.45, 7) is 19.2. The molecule has 8 atom stereocenters. The van der Waals surface area contributed by atoms with Crippen molar-refractivity contribution in [3.05, 3.63) is 11.6 Å². The van der Waals surface area contributed by atoms with E-state index in [2.05, 4.69) is 47.6 Å². The Kier molecular flexibility index (Phi) is 8.46. The van der Waals surface area contributed by atoms with E-state index < -0.39 is 0 Å². The van der Waals surface area contributed by atoms with Crippen LogP contribution in [-0.2, 0) is 0 Å². The highest BCUT2D eigenvalue weighted by Crippen LogP contribution is 2.67. The summed E-state index contributed by atoms with van der Waals surface area (Å²) in [5.41, 5.74) is 3.08. The Labute approximate surface area is 196 Å². The van der Waals surface area contributed by atoms with Gasteiger partial charge in [0.15, 0.2) is 0 Å². The van der Waals surface area contributed by atoms with Gasteiger partial charge in [-0.2, -0.15) is 0 Å². The van der Waals surface area contributed by atoms with Crippen LogP contribution in [0, 0.1) is 52.3 Å². The van der Waals surface area contributed by atoms with Gasteiger partial charge in [-0.05, 0) is 104 Å². The molecule has 0 heteroatoms. The van der Waals surface area contributed by atoms with E-state index in [-0.39, 0.29) is 0 Å². The fraction of sp³-hybridized carbons (Fsp3) is 0.935. The molecule has 0 heterocycles. The Hall–Kier alpha value is -0.260. The molecule has 0 amide bonds. The van der Waals surface area contributed by atoms with Crippen LogP contribution >= 0.6 is 0 Å². The fourth-order valence-corrected chi connectivity index (χ4v) is 9.11. The Morgan fingerprint density at radius 3 is 2.35 bits per heavy atom. The lowest BCUT2D eigenvalue weighted by Gasteiger charge is -2.58. The zero-order valence-electron chi connectivity index (χ0n) is 22.6.